The lowest BCUT2D eigenvalue weighted by molar-refractivity contribution is -0.138. The first kappa shape index (κ1) is 12.0. The molecular weight excluding hydrogens is 164 g/mol. The van der Waals surface area contributed by atoms with Gasteiger partial charge in [0.05, 0.1) is 0 Å². The highest BCUT2D eigenvalue weighted by Crippen LogP contribution is 2.21. The Morgan fingerprint density at radius 3 is 1.85 bits per heavy atom. The first-order valence-corrected chi connectivity index (χ1v) is 4.54. The molecule has 74 valence electrons. The molecule has 0 amide bonds. The molecule has 0 unspecified atom stereocenters. The van der Waals surface area contributed by atoms with Gasteiger partial charge in [-0.25, -0.2) is 5.26 Å². The van der Waals surface area contributed by atoms with E-state index in [1.807, 2.05) is 46.8 Å². The van der Waals surface area contributed by atoms with E-state index in [9.17, 15) is 0 Å². The summed E-state index contributed by atoms with van der Waals surface area (Å²) in [6.45, 7) is 9.92. The predicted octanol–water partition coefficient (Wildman–Crippen LogP) is 3.49. The number of hydrogen-bond donors (Lipinski definition) is 1. The molecule has 1 aromatic carbocycles. The molecule has 0 atom stereocenters. The summed E-state index contributed by atoms with van der Waals surface area (Å²) in [5.74, 6) is 0.535. The molecule has 13 heavy (non-hydrogen) atoms. The third-order valence-electron chi connectivity index (χ3n) is 1.89. The van der Waals surface area contributed by atoms with Gasteiger partial charge in [0.15, 0.2) is 5.75 Å². The van der Waals surface area contributed by atoms with Crippen LogP contribution in [0.15, 0.2) is 12.1 Å². The first-order chi connectivity index (χ1) is 6.15. The summed E-state index contributed by atoms with van der Waals surface area (Å²) in [7, 11) is 0. The van der Waals surface area contributed by atoms with E-state index in [0.29, 0.717) is 5.75 Å². The SMILES string of the molecule is CC.Cc1cc(C)c(OO)cc1C. The van der Waals surface area contributed by atoms with E-state index in [4.69, 9.17) is 5.26 Å². The van der Waals surface area contributed by atoms with Crippen LogP contribution >= 0.6 is 0 Å². The van der Waals surface area contributed by atoms with Crippen LogP contribution in [0.2, 0.25) is 0 Å². The largest absolute Gasteiger partial charge is 0.340 e. The van der Waals surface area contributed by atoms with Crippen molar-refractivity contribution in [3.63, 3.8) is 0 Å². The lowest BCUT2D eigenvalue weighted by Crippen LogP contribution is -1.90. The molecule has 0 radical (unpaired) electrons. The summed E-state index contributed by atoms with van der Waals surface area (Å²) in [4.78, 5) is 4.18. The van der Waals surface area contributed by atoms with Gasteiger partial charge in [-0.2, -0.15) is 0 Å². The molecule has 2 heteroatoms. The Morgan fingerprint density at radius 2 is 1.38 bits per heavy atom. The van der Waals surface area contributed by atoms with Crippen LogP contribution in [0.4, 0.5) is 0 Å². The average molecular weight is 182 g/mol. The Morgan fingerprint density at radius 1 is 0.923 bits per heavy atom. The van der Waals surface area contributed by atoms with Gasteiger partial charge in [0.2, 0.25) is 0 Å². The smallest absolute Gasteiger partial charge is 0.168 e. The monoisotopic (exact) mass is 182 g/mol. The Kier molecular flexibility index (Phi) is 5.16. The van der Waals surface area contributed by atoms with E-state index in [0.717, 1.165) is 11.1 Å². The highest BCUT2D eigenvalue weighted by atomic mass is 17.1. The number of aryl methyl sites for hydroxylation is 3. The third-order valence-corrected chi connectivity index (χ3v) is 1.89. The van der Waals surface area contributed by atoms with Crippen molar-refractivity contribution in [3.8, 4) is 5.75 Å². The summed E-state index contributed by atoms with van der Waals surface area (Å²) in [5, 5.41) is 8.43. The van der Waals surface area contributed by atoms with Crippen molar-refractivity contribution in [2.24, 2.45) is 0 Å². The van der Waals surface area contributed by atoms with Gasteiger partial charge in [-0.1, -0.05) is 19.9 Å². The van der Waals surface area contributed by atoms with Gasteiger partial charge in [-0.3, -0.25) is 0 Å². The Labute approximate surface area is 80.1 Å². The van der Waals surface area contributed by atoms with Crippen molar-refractivity contribution < 1.29 is 10.1 Å². The third kappa shape index (κ3) is 3.07. The summed E-state index contributed by atoms with van der Waals surface area (Å²) in [6.07, 6.45) is 0. The van der Waals surface area contributed by atoms with E-state index in [-0.39, 0.29) is 0 Å². The van der Waals surface area contributed by atoms with E-state index in [1.165, 1.54) is 5.56 Å². The summed E-state index contributed by atoms with van der Waals surface area (Å²) < 4.78 is 0. The molecule has 0 saturated carbocycles. The van der Waals surface area contributed by atoms with E-state index in [2.05, 4.69) is 4.89 Å². The maximum absolute atomic E-state index is 8.43. The van der Waals surface area contributed by atoms with Crippen LogP contribution in [0.5, 0.6) is 5.75 Å². The first-order valence-electron chi connectivity index (χ1n) is 4.54. The molecule has 0 spiro atoms. The molecular formula is C11H18O2. The standard InChI is InChI=1S/C9H12O2.C2H6/c1-6-4-8(3)9(11-10)5-7(6)2;1-2/h4-5,10H,1-3H3;1-2H3. The van der Waals surface area contributed by atoms with Crippen molar-refractivity contribution in [2.45, 2.75) is 34.6 Å². The molecule has 0 heterocycles. The number of benzene rings is 1. The van der Waals surface area contributed by atoms with E-state index in [1.54, 1.807) is 0 Å². The lowest BCUT2D eigenvalue weighted by atomic mass is 10.1. The molecule has 0 aliphatic rings. The van der Waals surface area contributed by atoms with Crippen LogP contribution in [-0.4, -0.2) is 5.26 Å². The molecule has 2 nitrogen and oxygen atoms in total. The Balaban J connectivity index is 0.000000671. The summed E-state index contributed by atoms with van der Waals surface area (Å²) >= 11 is 0. The topological polar surface area (TPSA) is 29.5 Å². The fourth-order valence-corrected chi connectivity index (χ4v) is 1.03. The number of hydrogen-bond acceptors (Lipinski definition) is 2. The van der Waals surface area contributed by atoms with Crippen molar-refractivity contribution >= 4 is 0 Å². The van der Waals surface area contributed by atoms with Gasteiger partial charge in [-0.15, -0.1) is 0 Å². The second-order valence-corrected chi connectivity index (χ2v) is 2.79. The zero-order valence-corrected chi connectivity index (χ0v) is 9.01. The van der Waals surface area contributed by atoms with Crippen LogP contribution in [-0.2, 0) is 0 Å². The molecule has 0 bridgehead atoms. The molecule has 0 aliphatic carbocycles. The van der Waals surface area contributed by atoms with Crippen LogP contribution < -0.4 is 4.89 Å². The second-order valence-electron chi connectivity index (χ2n) is 2.79. The van der Waals surface area contributed by atoms with Crippen LogP contribution in [0, 0.1) is 20.8 Å². The summed E-state index contributed by atoms with van der Waals surface area (Å²) in [5.41, 5.74) is 3.29. The molecule has 1 rings (SSSR count). The van der Waals surface area contributed by atoms with E-state index < -0.39 is 0 Å². The highest BCUT2D eigenvalue weighted by Gasteiger charge is 2.01. The average Bonchev–Trinajstić information content (AvgIpc) is 2.15. The van der Waals surface area contributed by atoms with E-state index >= 15 is 0 Å². The minimum atomic E-state index is 0.535. The molecule has 0 aliphatic heterocycles. The zero-order valence-electron chi connectivity index (χ0n) is 9.01. The molecule has 0 saturated heterocycles. The second kappa shape index (κ2) is 5.60. The maximum atomic E-state index is 8.43. The van der Waals surface area contributed by atoms with Crippen molar-refractivity contribution in [2.75, 3.05) is 0 Å². The fraction of sp³-hybridized carbons (Fsp3) is 0.455. The minimum absolute atomic E-state index is 0.535. The quantitative estimate of drug-likeness (QED) is 0.532. The van der Waals surface area contributed by atoms with Gasteiger partial charge in [0.1, 0.15) is 0 Å². The zero-order chi connectivity index (χ0) is 10.4. The van der Waals surface area contributed by atoms with Crippen LogP contribution in [0.3, 0.4) is 0 Å². The van der Waals surface area contributed by atoms with Gasteiger partial charge >= 0.3 is 0 Å². The Hall–Kier alpha value is -1.02. The molecule has 1 aromatic rings. The molecule has 0 fully saturated rings. The minimum Gasteiger partial charge on any atom is -0.340 e. The predicted molar refractivity (Wildman–Crippen MR) is 55.3 cm³/mol. The van der Waals surface area contributed by atoms with Gasteiger partial charge in [0, 0.05) is 0 Å². The van der Waals surface area contributed by atoms with Gasteiger partial charge < -0.3 is 4.89 Å². The Bertz CT molecular complexity index is 267. The molecule has 1 N–H and O–H groups in total. The normalized spacial score (nSPS) is 8.77. The summed E-state index contributed by atoms with van der Waals surface area (Å²) in [6, 6.07) is 3.81. The highest BCUT2D eigenvalue weighted by molar-refractivity contribution is 5.40. The van der Waals surface area contributed by atoms with Crippen LogP contribution in [0.25, 0.3) is 0 Å². The maximum Gasteiger partial charge on any atom is 0.168 e. The van der Waals surface area contributed by atoms with Gasteiger partial charge in [-0.05, 0) is 43.5 Å². The van der Waals surface area contributed by atoms with Crippen molar-refractivity contribution in [1.29, 1.82) is 0 Å². The van der Waals surface area contributed by atoms with Crippen molar-refractivity contribution in [1.82, 2.24) is 0 Å². The molecule has 0 aromatic heterocycles. The van der Waals surface area contributed by atoms with Crippen molar-refractivity contribution in [3.05, 3.63) is 28.8 Å². The lowest BCUT2D eigenvalue weighted by Gasteiger charge is -2.05. The fourth-order valence-electron chi connectivity index (χ4n) is 1.03. The number of rotatable bonds is 1. The van der Waals surface area contributed by atoms with Crippen LogP contribution in [0.1, 0.15) is 30.5 Å². The van der Waals surface area contributed by atoms with Gasteiger partial charge in [0.25, 0.3) is 0 Å².